The SMILES string of the molecule is Cc1cc2c(c(C)c1OC(=O)CCC(P(=O)(O)O)P(=O)(O)O)CCC(C)(CCCC(C)CCCC(C)CCCC(C)C)O2. The first-order valence-corrected chi connectivity index (χ1v) is 19.3. The topological polar surface area (TPSA) is 151 Å². The van der Waals surface area contributed by atoms with Crippen LogP contribution in [0.5, 0.6) is 11.5 Å². The minimum absolute atomic E-state index is 0.269. The van der Waals surface area contributed by atoms with Crippen LogP contribution < -0.4 is 9.47 Å². The van der Waals surface area contributed by atoms with E-state index in [1.165, 1.54) is 44.9 Å². The van der Waals surface area contributed by atoms with Crippen LogP contribution in [0.2, 0.25) is 0 Å². The summed E-state index contributed by atoms with van der Waals surface area (Å²) in [5.41, 5.74) is 2.14. The van der Waals surface area contributed by atoms with Gasteiger partial charge in [0.15, 0.2) is 5.40 Å². The summed E-state index contributed by atoms with van der Waals surface area (Å²) in [5.74, 6) is 2.62. The van der Waals surface area contributed by atoms with E-state index in [9.17, 15) is 33.5 Å². The van der Waals surface area contributed by atoms with E-state index in [4.69, 9.17) is 9.47 Å². The van der Waals surface area contributed by atoms with E-state index in [0.29, 0.717) is 17.2 Å². The van der Waals surface area contributed by atoms with Crippen molar-refractivity contribution in [2.75, 3.05) is 0 Å². The number of ether oxygens (including phenoxy) is 2. The zero-order chi connectivity index (χ0) is 32.6. The van der Waals surface area contributed by atoms with Gasteiger partial charge >= 0.3 is 21.2 Å². The second kappa shape index (κ2) is 16.4. The summed E-state index contributed by atoms with van der Waals surface area (Å²) < 4.78 is 35.1. The summed E-state index contributed by atoms with van der Waals surface area (Å²) in [7, 11) is -10.2. The minimum Gasteiger partial charge on any atom is -0.487 e. The predicted molar refractivity (Wildman–Crippen MR) is 171 cm³/mol. The van der Waals surface area contributed by atoms with E-state index < -0.39 is 39.4 Å². The van der Waals surface area contributed by atoms with Crippen molar-refractivity contribution in [3.63, 3.8) is 0 Å². The number of benzene rings is 1. The van der Waals surface area contributed by atoms with Crippen molar-refractivity contribution in [1.29, 1.82) is 0 Å². The van der Waals surface area contributed by atoms with Gasteiger partial charge in [0.25, 0.3) is 0 Å². The molecule has 1 aromatic rings. The molecule has 1 aliphatic heterocycles. The van der Waals surface area contributed by atoms with Gasteiger partial charge in [-0.05, 0) is 87.8 Å². The highest BCUT2D eigenvalue weighted by Gasteiger charge is 2.43. The molecule has 248 valence electrons. The molecule has 0 saturated heterocycles. The number of hydrogen-bond acceptors (Lipinski definition) is 5. The van der Waals surface area contributed by atoms with E-state index in [-0.39, 0.29) is 5.60 Å². The molecule has 0 aliphatic carbocycles. The second-order valence-electron chi connectivity index (χ2n) is 13.7. The molecule has 0 amide bonds. The molecule has 3 atom stereocenters. The van der Waals surface area contributed by atoms with Crippen LogP contribution in [0, 0.1) is 31.6 Å². The van der Waals surface area contributed by atoms with Crippen molar-refractivity contribution in [3.05, 3.63) is 22.8 Å². The molecular weight excluding hydrogens is 590 g/mol. The van der Waals surface area contributed by atoms with Gasteiger partial charge in [0.1, 0.15) is 17.1 Å². The molecule has 1 heterocycles. The zero-order valence-corrected chi connectivity index (χ0v) is 29.1. The van der Waals surface area contributed by atoms with E-state index in [1.54, 1.807) is 6.92 Å². The van der Waals surface area contributed by atoms with Crippen molar-refractivity contribution >= 4 is 21.2 Å². The second-order valence-corrected chi connectivity index (χ2v) is 17.7. The first-order chi connectivity index (χ1) is 19.8. The number of carbonyl (C=O) groups is 1. The van der Waals surface area contributed by atoms with E-state index in [2.05, 4.69) is 34.6 Å². The predicted octanol–water partition coefficient (Wildman–Crippen LogP) is 8.19. The lowest BCUT2D eigenvalue weighted by atomic mass is 9.85. The monoisotopic (exact) mass is 646 g/mol. The largest absolute Gasteiger partial charge is 0.487 e. The van der Waals surface area contributed by atoms with Crippen molar-refractivity contribution in [3.8, 4) is 11.5 Å². The Morgan fingerprint density at radius 2 is 1.44 bits per heavy atom. The highest BCUT2D eigenvalue weighted by Crippen LogP contribution is 2.61. The fourth-order valence-electron chi connectivity index (χ4n) is 6.15. The van der Waals surface area contributed by atoms with Gasteiger partial charge in [-0.2, -0.15) is 0 Å². The lowest BCUT2D eigenvalue weighted by Crippen LogP contribution is -2.36. The number of rotatable bonds is 18. The standard InChI is InChI=1S/C32H56O9P2/c1-22(2)11-8-12-23(3)13-9-14-24(4)15-10-19-32(7)20-18-27-26(6)31(25(5)21-28(27)41-32)40-29(33)16-17-30(42(34,35)36)43(37,38)39/h21-24,30H,8-20H2,1-7H3,(H2,34,35,36)(H2,37,38,39). The molecule has 0 spiro atoms. The van der Waals surface area contributed by atoms with Crippen LogP contribution in [0.1, 0.15) is 128 Å². The van der Waals surface area contributed by atoms with Gasteiger partial charge in [-0.1, -0.05) is 72.6 Å². The number of esters is 1. The highest BCUT2D eigenvalue weighted by molar-refractivity contribution is 7.70. The molecule has 11 heteroatoms. The number of carbonyl (C=O) groups excluding carboxylic acids is 1. The highest BCUT2D eigenvalue weighted by atomic mass is 31.2. The van der Waals surface area contributed by atoms with Crippen LogP contribution in [0.3, 0.4) is 0 Å². The fourth-order valence-corrected chi connectivity index (χ4v) is 8.65. The molecule has 1 aromatic carbocycles. The molecular formula is C32H56O9P2. The Kier molecular flexibility index (Phi) is 14.5. The van der Waals surface area contributed by atoms with Gasteiger partial charge in [-0.25, -0.2) is 0 Å². The van der Waals surface area contributed by atoms with E-state index >= 15 is 0 Å². The maximum atomic E-state index is 12.5. The molecule has 0 saturated carbocycles. The molecule has 3 unspecified atom stereocenters. The summed E-state index contributed by atoms with van der Waals surface area (Å²) in [6, 6.07) is 1.86. The average Bonchev–Trinajstić information content (AvgIpc) is 2.84. The van der Waals surface area contributed by atoms with Crippen LogP contribution in [-0.4, -0.2) is 36.5 Å². The molecule has 4 N–H and O–H groups in total. The third kappa shape index (κ3) is 12.6. The van der Waals surface area contributed by atoms with Gasteiger partial charge in [-0.15, -0.1) is 0 Å². The van der Waals surface area contributed by atoms with Gasteiger partial charge in [-0.3, -0.25) is 13.9 Å². The van der Waals surface area contributed by atoms with Crippen LogP contribution in [0.4, 0.5) is 0 Å². The summed E-state index contributed by atoms with van der Waals surface area (Å²) in [6.07, 6.45) is 11.5. The van der Waals surface area contributed by atoms with Crippen LogP contribution >= 0.6 is 15.2 Å². The summed E-state index contributed by atoms with van der Waals surface area (Å²) >= 11 is 0. The molecule has 43 heavy (non-hydrogen) atoms. The van der Waals surface area contributed by atoms with Crippen molar-refractivity contribution < 1.29 is 43.0 Å². The Bertz CT molecular complexity index is 1130. The Hall–Kier alpha value is -1.21. The molecule has 0 radical (unpaired) electrons. The van der Waals surface area contributed by atoms with Crippen LogP contribution in [0.15, 0.2) is 6.07 Å². The maximum absolute atomic E-state index is 12.5. The molecule has 9 nitrogen and oxygen atoms in total. The van der Waals surface area contributed by atoms with E-state index in [1.807, 2.05) is 13.0 Å². The molecule has 2 rings (SSSR count). The van der Waals surface area contributed by atoms with Gasteiger partial charge in [0, 0.05) is 12.0 Å². The number of fused-ring (bicyclic) bond motifs is 1. The van der Waals surface area contributed by atoms with Crippen LogP contribution in [0.25, 0.3) is 0 Å². The maximum Gasteiger partial charge on any atom is 0.340 e. The molecule has 0 fully saturated rings. The van der Waals surface area contributed by atoms with E-state index in [0.717, 1.165) is 54.4 Å². The van der Waals surface area contributed by atoms with Gasteiger partial charge < -0.3 is 29.0 Å². The lowest BCUT2D eigenvalue weighted by molar-refractivity contribution is -0.134. The third-order valence-electron chi connectivity index (χ3n) is 8.93. The lowest BCUT2D eigenvalue weighted by Gasteiger charge is -2.37. The van der Waals surface area contributed by atoms with Crippen molar-refractivity contribution in [1.82, 2.24) is 0 Å². The zero-order valence-electron chi connectivity index (χ0n) is 27.3. The molecule has 1 aliphatic rings. The minimum atomic E-state index is -5.10. The Balaban J connectivity index is 1.88. The van der Waals surface area contributed by atoms with Gasteiger partial charge in [0.05, 0.1) is 0 Å². The molecule has 0 bridgehead atoms. The first kappa shape index (κ1) is 38.0. The Labute approximate surface area is 258 Å². The van der Waals surface area contributed by atoms with Crippen LogP contribution in [-0.2, 0) is 20.3 Å². The smallest absolute Gasteiger partial charge is 0.340 e. The van der Waals surface area contributed by atoms with Crippen molar-refractivity contribution in [2.45, 2.75) is 143 Å². The third-order valence-corrected chi connectivity index (χ3v) is 12.8. The number of hydrogen-bond donors (Lipinski definition) is 4. The quantitative estimate of drug-likeness (QED) is 0.0703. The Morgan fingerprint density at radius 3 is 1.98 bits per heavy atom. The summed E-state index contributed by atoms with van der Waals surface area (Å²) in [4.78, 5) is 49.7. The normalized spacial score (nSPS) is 18.8. The molecule has 0 aromatic heterocycles. The Morgan fingerprint density at radius 1 is 0.907 bits per heavy atom. The van der Waals surface area contributed by atoms with Gasteiger partial charge in [0.2, 0.25) is 0 Å². The summed E-state index contributed by atoms with van der Waals surface area (Å²) in [5, 5.41) is -2.24. The fraction of sp³-hybridized carbons (Fsp3) is 0.781. The first-order valence-electron chi connectivity index (χ1n) is 16.0. The number of aryl methyl sites for hydroxylation is 1. The summed E-state index contributed by atoms with van der Waals surface area (Å²) in [6.45, 7) is 15.1. The average molecular weight is 647 g/mol. The van der Waals surface area contributed by atoms with Crippen molar-refractivity contribution in [2.24, 2.45) is 17.8 Å².